The van der Waals surface area contributed by atoms with Crippen molar-refractivity contribution in [2.45, 2.75) is 44.9 Å². The molecule has 2 aliphatic rings. The largest absolute Gasteiger partial charge is 0.335 e. The van der Waals surface area contributed by atoms with Crippen molar-refractivity contribution in [3.63, 3.8) is 0 Å². The Bertz CT molecular complexity index is 724. The average molecular weight is 326 g/mol. The number of H-pyrrole nitrogens is 1. The van der Waals surface area contributed by atoms with Gasteiger partial charge in [-0.2, -0.15) is 5.10 Å². The third-order valence-electron chi connectivity index (χ3n) is 5.39. The molecule has 1 amide bonds. The lowest BCUT2D eigenvalue weighted by molar-refractivity contribution is 0.0712. The highest BCUT2D eigenvalue weighted by atomic mass is 16.2. The van der Waals surface area contributed by atoms with Crippen molar-refractivity contribution in [3.05, 3.63) is 35.9 Å². The van der Waals surface area contributed by atoms with Crippen LogP contribution in [-0.2, 0) is 6.42 Å². The van der Waals surface area contributed by atoms with Crippen LogP contribution in [0.5, 0.6) is 0 Å². The zero-order valence-corrected chi connectivity index (χ0v) is 13.9. The molecule has 24 heavy (non-hydrogen) atoms. The Morgan fingerprint density at radius 2 is 2.17 bits per heavy atom. The van der Waals surface area contributed by atoms with Crippen LogP contribution in [0.25, 0.3) is 0 Å². The Morgan fingerprint density at radius 3 is 2.83 bits per heavy atom. The highest BCUT2D eigenvalue weighted by Crippen LogP contribution is 2.55. The molecule has 1 aliphatic carbocycles. The number of likely N-dealkylation sites (tertiary alicyclic amines) is 1. The van der Waals surface area contributed by atoms with Gasteiger partial charge >= 0.3 is 0 Å². The summed E-state index contributed by atoms with van der Waals surface area (Å²) in [6.07, 6.45) is 8.65. The molecule has 7 heteroatoms. The van der Waals surface area contributed by atoms with Crippen LogP contribution in [0, 0.1) is 5.41 Å². The van der Waals surface area contributed by atoms with Gasteiger partial charge in [0.2, 0.25) is 5.82 Å². The average Bonchev–Trinajstić information content (AvgIpc) is 3.19. The molecular formula is C17H22N6O. The van der Waals surface area contributed by atoms with E-state index in [1.807, 2.05) is 4.90 Å². The van der Waals surface area contributed by atoms with Gasteiger partial charge in [0.15, 0.2) is 5.82 Å². The lowest BCUT2D eigenvalue weighted by atomic mass is 9.62. The Morgan fingerprint density at radius 1 is 1.38 bits per heavy atom. The fourth-order valence-corrected chi connectivity index (χ4v) is 3.98. The van der Waals surface area contributed by atoms with Crippen LogP contribution in [-0.4, -0.2) is 49.0 Å². The third kappa shape index (κ3) is 2.48. The second-order valence-electron chi connectivity index (χ2n) is 6.92. The van der Waals surface area contributed by atoms with E-state index in [0.29, 0.717) is 6.54 Å². The molecule has 1 N–H and O–H groups in total. The number of aryl methyl sites for hydroxylation is 1. The van der Waals surface area contributed by atoms with Crippen LogP contribution >= 0.6 is 0 Å². The molecule has 126 valence electrons. The SMILES string of the molecule is CCCc1nc(C2CN(C(=O)c3ncccn3)CC23CCC3)n[nH]1. The maximum Gasteiger partial charge on any atom is 0.291 e. The first-order valence-electron chi connectivity index (χ1n) is 8.69. The van der Waals surface area contributed by atoms with Gasteiger partial charge in [-0.05, 0) is 30.7 Å². The molecule has 4 rings (SSSR count). The molecule has 1 aliphatic heterocycles. The van der Waals surface area contributed by atoms with E-state index >= 15 is 0 Å². The Kier molecular flexibility index (Phi) is 3.78. The van der Waals surface area contributed by atoms with Crippen LogP contribution in [0.4, 0.5) is 0 Å². The van der Waals surface area contributed by atoms with Crippen molar-refractivity contribution in [1.82, 2.24) is 30.0 Å². The van der Waals surface area contributed by atoms with Gasteiger partial charge < -0.3 is 4.90 Å². The first-order valence-corrected chi connectivity index (χ1v) is 8.69. The fourth-order valence-electron chi connectivity index (χ4n) is 3.98. The number of hydrogen-bond donors (Lipinski definition) is 1. The van der Waals surface area contributed by atoms with Crippen LogP contribution in [0.1, 0.15) is 60.8 Å². The van der Waals surface area contributed by atoms with Crippen molar-refractivity contribution < 1.29 is 4.79 Å². The van der Waals surface area contributed by atoms with Gasteiger partial charge in [0.05, 0.1) is 0 Å². The molecule has 2 fully saturated rings. The highest BCUT2D eigenvalue weighted by molar-refractivity contribution is 5.90. The van der Waals surface area contributed by atoms with E-state index in [1.165, 1.54) is 6.42 Å². The number of rotatable bonds is 4. The van der Waals surface area contributed by atoms with Gasteiger partial charge in [0.25, 0.3) is 5.91 Å². The number of carbonyl (C=O) groups excluding carboxylic acids is 1. The van der Waals surface area contributed by atoms with Crippen LogP contribution in [0.2, 0.25) is 0 Å². The van der Waals surface area contributed by atoms with Gasteiger partial charge in [0.1, 0.15) is 5.82 Å². The number of carbonyl (C=O) groups is 1. The van der Waals surface area contributed by atoms with E-state index < -0.39 is 0 Å². The van der Waals surface area contributed by atoms with Crippen LogP contribution < -0.4 is 0 Å². The molecule has 0 aromatic carbocycles. The molecule has 0 radical (unpaired) electrons. The number of aromatic amines is 1. The first kappa shape index (κ1) is 15.2. The molecule has 1 saturated carbocycles. The first-order chi connectivity index (χ1) is 11.7. The van der Waals surface area contributed by atoms with Crippen molar-refractivity contribution in [2.24, 2.45) is 5.41 Å². The normalized spacial score (nSPS) is 21.9. The Balaban J connectivity index is 1.57. The quantitative estimate of drug-likeness (QED) is 0.928. The number of hydrogen-bond acceptors (Lipinski definition) is 5. The van der Waals surface area contributed by atoms with E-state index in [-0.39, 0.29) is 23.1 Å². The monoisotopic (exact) mass is 326 g/mol. The van der Waals surface area contributed by atoms with Gasteiger partial charge in [-0.3, -0.25) is 9.89 Å². The van der Waals surface area contributed by atoms with Gasteiger partial charge in [-0.1, -0.05) is 13.3 Å². The van der Waals surface area contributed by atoms with Gasteiger partial charge in [-0.25, -0.2) is 15.0 Å². The topological polar surface area (TPSA) is 87.7 Å². The predicted octanol–water partition coefficient (Wildman–Crippen LogP) is 1.96. The smallest absolute Gasteiger partial charge is 0.291 e. The number of nitrogens with one attached hydrogen (secondary N) is 1. The van der Waals surface area contributed by atoms with Crippen molar-refractivity contribution in [1.29, 1.82) is 0 Å². The molecule has 1 spiro atoms. The molecular weight excluding hydrogens is 304 g/mol. The molecule has 1 saturated heterocycles. The summed E-state index contributed by atoms with van der Waals surface area (Å²) in [7, 11) is 0. The number of amides is 1. The molecule has 3 heterocycles. The van der Waals surface area contributed by atoms with Crippen LogP contribution in [0.15, 0.2) is 18.5 Å². The highest BCUT2D eigenvalue weighted by Gasteiger charge is 2.53. The Hall–Kier alpha value is -2.31. The number of aromatic nitrogens is 5. The second kappa shape index (κ2) is 5.96. The van der Waals surface area contributed by atoms with E-state index in [4.69, 9.17) is 0 Å². The summed E-state index contributed by atoms with van der Waals surface area (Å²) < 4.78 is 0. The predicted molar refractivity (Wildman–Crippen MR) is 87.3 cm³/mol. The maximum atomic E-state index is 12.7. The summed E-state index contributed by atoms with van der Waals surface area (Å²) >= 11 is 0. The lowest BCUT2D eigenvalue weighted by Gasteiger charge is -2.41. The summed E-state index contributed by atoms with van der Waals surface area (Å²) in [5.74, 6) is 2.20. The zero-order chi connectivity index (χ0) is 16.6. The minimum atomic E-state index is -0.0892. The molecule has 7 nitrogen and oxygen atoms in total. The van der Waals surface area contributed by atoms with Crippen molar-refractivity contribution >= 4 is 5.91 Å². The number of nitrogens with zero attached hydrogens (tertiary/aromatic N) is 5. The Labute approximate surface area is 140 Å². The molecule has 1 unspecified atom stereocenters. The van der Waals surface area contributed by atoms with Gasteiger partial charge in [-0.15, -0.1) is 0 Å². The van der Waals surface area contributed by atoms with E-state index in [0.717, 1.165) is 43.9 Å². The maximum absolute atomic E-state index is 12.7. The summed E-state index contributed by atoms with van der Waals surface area (Å²) in [5, 5.41) is 7.51. The summed E-state index contributed by atoms with van der Waals surface area (Å²) in [5.41, 5.74) is 0.135. The molecule has 2 aromatic heterocycles. The fraction of sp³-hybridized carbons (Fsp3) is 0.588. The third-order valence-corrected chi connectivity index (χ3v) is 5.39. The van der Waals surface area contributed by atoms with Crippen molar-refractivity contribution in [3.8, 4) is 0 Å². The summed E-state index contributed by atoms with van der Waals surface area (Å²) in [6.45, 7) is 3.54. The lowest BCUT2D eigenvalue weighted by Crippen LogP contribution is -2.38. The van der Waals surface area contributed by atoms with E-state index in [9.17, 15) is 4.79 Å². The molecule has 1 atom stereocenters. The zero-order valence-electron chi connectivity index (χ0n) is 13.9. The standard InChI is InChI=1S/C17H22N6O/c1-2-5-13-20-14(22-21-13)12-10-23(11-17(12)6-3-7-17)16(24)15-18-8-4-9-19-15/h4,8-9,12H,2-3,5-7,10-11H2,1H3,(H,20,21,22). The molecule has 2 aromatic rings. The minimum Gasteiger partial charge on any atom is -0.335 e. The van der Waals surface area contributed by atoms with Crippen molar-refractivity contribution in [2.75, 3.05) is 13.1 Å². The minimum absolute atomic E-state index is 0.0892. The van der Waals surface area contributed by atoms with Crippen LogP contribution in [0.3, 0.4) is 0 Å². The molecule has 0 bridgehead atoms. The van der Waals surface area contributed by atoms with Gasteiger partial charge in [0, 0.05) is 37.8 Å². The van der Waals surface area contributed by atoms with E-state index in [2.05, 4.69) is 32.1 Å². The van der Waals surface area contributed by atoms with E-state index in [1.54, 1.807) is 18.5 Å². The summed E-state index contributed by atoms with van der Waals surface area (Å²) in [4.78, 5) is 27.5. The summed E-state index contributed by atoms with van der Waals surface area (Å²) in [6, 6.07) is 1.72. The second-order valence-corrected chi connectivity index (χ2v) is 6.92.